The van der Waals surface area contributed by atoms with Gasteiger partial charge in [0, 0.05) is 17.3 Å². The number of alkyl halides is 3. The van der Waals surface area contributed by atoms with Gasteiger partial charge in [-0.2, -0.15) is 13.2 Å². The molecule has 0 radical (unpaired) electrons. The van der Waals surface area contributed by atoms with Crippen molar-refractivity contribution in [3.8, 4) is 0 Å². The van der Waals surface area contributed by atoms with Crippen LogP contribution in [0.1, 0.15) is 0 Å². The fraction of sp³-hybridized carbons (Fsp3) is 0.333. The molecule has 0 unspecified atom stereocenters. The van der Waals surface area contributed by atoms with Crippen LogP contribution < -0.4 is 5.32 Å². The molecule has 0 spiro atoms. The van der Waals surface area contributed by atoms with Crippen molar-refractivity contribution in [2.45, 2.75) is 5.51 Å². The predicted molar refractivity (Wildman–Crippen MR) is 63.5 cm³/mol. The molecule has 1 aromatic rings. The zero-order valence-electron chi connectivity index (χ0n) is 7.94. The van der Waals surface area contributed by atoms with Crippen molar-refractivity contribution in [1.29, 1.82) is 0 Å². The molecule has 0 aliphatic rings. The molecule has 1 N–H and O–H groups in total. The maximum atomic E-state index is 11.8. The Morgan fingerprint density at radius 3 is 2.50 bits per heavy atom. The number of rotatable bonds is 4. The maximum Gasteiger partial charge on any atom is 0.441 e. The molecule has 0 heterocycles. The lowest BCUT2D eigenvalue weighted by molar-refractivity contribution is -0.0327. The summed E-state index contributed by atoms with van der Waals surface area (Å²) in [6.45, 7) is 0.186. The molecule has 1 rings (SSSR count). The van der Waals surface area contributed by atoms with E-state index in [0.717, 1.165) is 0 Å². The van der Waals surface area contributed by atoms with Gasteiger partial charge in [-0.1, -0.05) is 23.2 Å². The van der Waals surface area contributed by atoms with Crippen LogP contribution in [0.25, 0.3) is 0 Å². The second kappa shape index (κ2) is 5.89. The highest BCUT2D eigenvalue weighted by atomic mass is 35.5. The molecule has 90 valence electrons. The van der Waals surface area contributed by atoms with Crippen LogP contribution in [0.2, 0.25) is 10.0 Å². The highest BCUT2D eigenvalue weighted by molar-refractivity contribution is 8.00. The van der Waals surface area contributed by atoms with E-state index in [0.29, 0.717) is 15.7 Å². The molecule has 0 aromatic heterocycles. The number of halogens is 5. The van der Waals surface area contributed by atoms with Gasteiger partial charge in [0.05, 0.1) is 10.7 Å². The molecular weight excluding hydrogens is 282 g/mol. The number of nitrogens with one attached hydrogen (secondary N) is 1. The largest absolute Gasteiger partial charge is 0.441 e. The third-order valence-electron chi connectivity index (χ3n) is 1.61. The topological polar surface area (TPSA) is 12.0 Å². The van der Waals surface area contributed by atoms with Gasteiger partial charge in [-0.05, 0) is 30.0 Å². The van der Waals surface area contributed by atoms with E-state index in [1.165, 1.54) is 6.07 Å². The highest BCUT2D eigenvalue weighted by Crippen LogP contribution is 2.30. The standard InChI is InChI=1S/C9H8Cl2F3NS/c10-6-1-2-8(7(11)5-6)15-3-4-16-9(12,13)14/h1-2,5,15H,3-4H2. The summed E-state index contributed by atoms with van der Waals surface area (Å²) in [6, 6.07) is 4.78. The molecule has 1 aromatic carbocycles. The number of benzene rings is 1. The van der Waals surface area contributed by atoms with Crippen molar-refractivity contribution in [2.75, 3.05) is 17.6 Å². The third-order valence-corrected chi connectivity index (χ3v) is 2.90. The van der Waals surface area contributed by atoms with Crippen molar-refractivity contribution >= 4 is 40.7 Å². The Morgan fingerprint density at radius 2 is 1.94 bits per heavy atom. The van der Waals surface area contributed by atoms with E-state index in [-0.39, 0.29) is 24.1 Å². The average molecular weight is 290 g/mol. The van der Waals surface area contributed by atoms with Crippen molar-refractivity contribution in [2.24, 2.45) is 0 Å². The number of hydrogen-bond donors (Lipinski definition) is 1. The lowest BCUT2D eigenvalue weighted by atomic mass is 10.3. The minimum Gasteiger partial charge on any atom is -0.383 e. The van der Waals surface area contributed by atoms with Gasteiger partial charge in [0.15, 0.2) is 0 Å². The third kappa shape index (κ3) is 5.18. The second-order valence-corrected chi connectivity index (χ2v) is 4.85. The summed E-state index contributed by atoms with van der Waals surface area (Å²) in [4.78, 5) is 0. The zero-order valence-corrected chi connectivity index (χ0v) is 10.3. The fourth-order valence-corrected chi connectivity index (χ4v) is 1.90. The van der Waals surface area contributed by atoms with Crippen LogP contribution in [0, 0.1) is 0 Å². The molecule has 0 saturated carbocycles. The minimum atomic E-state index is -4.19. The van der Waals surface area contributed by atoms with Crippen LogP contribution in [0.3, 0.4) is 0 Å². The molecule has 0 fully saturated rings. The van der Waals surface area contributed by atoms with E-state index in [1.807, 2.05) is 0 Å². The Kier molecular flexibility index (Phi) is 5.08. The summed E-state index contributed by atoms with van der Waals surface area (Å²) in [7, 11) is 0. The lowest BCUT2D eigenvalue weighted by Crippen LogP contribution is -2.09. The van der Waals surface area contributed by atoms with Gasteiger partial charge in [-0.3, -0.25) is 0 Å². The molecule has 0 aliphatic carbocycles. The van der Waals surface area contributed by atoms with E-state index in [1.54, 1.807) is 12.1 Å². The van der Waals surface area contributed by atoms with Crippen LogP contribution in [-0.4, -0.2) is 17.8 Å². The van der Waals surface area contributed by atoms with Crippen LogP contribution in [0.4, 0.5) is 18.9 Å². The van der Waals surface area contributed by atoms with Crippen LogP contribution in [-0.2, 0) is 0 Å². The summed E-state index contributed by atoms with van der Waals surface area (Å²) in [5.74, 6) is -0.0670. The van der Waals surface area contributed by atoms with Gasteiger partial charge >= 0.3 is 5.51 Å². The van der Waals surface area contributed by atoms with Crippen molar-refractivity contribution in [1.82, 2.24) is 0 Å². The first-order valence-electron chi connectivity index (χ1n) is 4.28. The SMILES string of the molecule is FC(F)(F)SCCNc1ccc(Cl)cc1Cl. The van der Waals surface area contributed by atoms with E-state index < -0.39 is 5.51 Å². The van der Waals surface area contributed by atoms with Crippen LogP contribution >= 0.6 is 35.0 Å². The molecule has 0 bridgehead atoms. The second-order valence-electron chi connectivity index (χ2n) is 2.85. The normalized spacial score (nSPS) is 11.6. The number of thioether (sulfide) groups is 1. The van der Waals surface area contributed by atoms with E-state index in [9.17, 15) is 13.2 Å². The Labute approximate surface area is 105 Å². The minimum absolute atomic E-state index is 0.0670. The zero-order chi connectivity index (χ0) is 12.2. The summed E-state index contributed by atoms with van der Waals surface area (Å²) >= 11 is 11.4. The first kappa shape index (κ1) is 13.8. The molecule has 0 amide bonds. The molecular formula is C9H8Cl2F3NS. The van der Waals surface area contributed by atoms with Crippen molar-refractivity contribution in [3.63, 3.8) is 0 Å². The molecule has 1 nitrogen and oxygen atoms in total. The van der Waals surface area contributed by atoms with Crippen LogP contribution in [0.15, 0.2) is 18.2 Å². The van der Waals surface area contributed by atoms with E-state index in [2.05, 4.69) is 5.32 Å². The van der Waals surface area contributed by atoms with Gasteiger partial charge in [0.1, 0.15) is 0 Å². The average Bonchev–Trinajstić information content (AvgIpc) is 2.13. The predicted octanol–water partition coefficient (Wildman–Crippen LogP) is 4.66. The summed E-state index contributed by atoms with van der Waals surface area (Å²) < 4.78 is 35.4. The highest BCUT2D eigenvalue weighted by Gasteiger charge is 2.27. The monoisotopic (exact) mass is 289 g/mol. The Hall–Kier alpha value is -0.260. The van der Waals surface area contributed by atoms with Crippen molar-refractivity contribution < 1.29 is 13.2 Å². The molecule has 0 saturated heterocycles. The summed E-state index contributed by atoms with van der Waals surface area (Å²) in [5.41, 5.74) is -3.61. The van der Waals surface area contributed by atoms with E-state index >= 15 is 0 Å². The smallest absolute Gasteiger partial charge is 0.383 e. The Bertz CT molecular complexity index is 357. The fourth-order valence-electron chi connectivity index (χ4n) is 0.985. The van der Waals surface area contributed by atoms with Gasteiger partial charge in [-0.25, -0.2) is 0 Å². The van der Waals surface area contributed by atoms with Gasteiger partial charge < -0.3 is 5.32 Å². The van der Waals surface area contributed by atoms with Crippen molar-refractivity contribution in [3.05, 3.63) is 28.2 Å². The first-order valence-corrected chi connectivity index (χ1v) is 6.02. The summed E-state index contributed by atoms with van der Waals surface area (Å²) in [6.07, 6.45) is 0. The lowest BCUT2D eigenvalue weighted by Gasteiger charge is -2.09. The molecule has 16 heavy (non-hydrogen) atoms. The Morgan fingerprint density at radius 1 is 1.25 bits per heavy atom. The summed E-state index contributed by atoms with van der Waals surface area (Å²) in [5, 5.41) is 3.68. The first-order chi connectivity index (χ1) is 7.38. The number of anilines is 1. The van der Waals surface area contributed by atoms with E-state index in [4.69, 9.17) is 23.2 Å². The Balaban J connectivity index is 2.38. The maximum absolute atomic E-state index is 11.8. The van der Waals surface area contributed by atoms with Crippen LogP contribution in [0.5, 0.6) is 0 Å². The van der Waals surface area contributed by atoms with Gasteiger partial charge in [-0.15, -0.1) is 0 Å². The number of hydrogen-bond acceptors (Lipinski definition) is 2. The quantitative estimate of drug-likeness (QED) is 0.809. The molecule has 0 atom stereocenters. The molecule has 7 heteroatoms. The molecule has 0 aliphatic heterocycles. The van der Waals surface area contributed by atoms with Gasteiger partial charge in [0.25, 0.3) is 0 Å². The van der Waals surface area contributed by atoms with Gasteiger partial charge in [0.2, 0.25) is 0 Å².